The molecular formula is C12H18N4OS2. The molecule has 1 amide bonds. The van der Waals surface area contributed by atoms with Gasteiger partial charge in [0.05, 0.1) is 16.2 Å². The highest BCUT2D eigenvalue weighted by molar-refractivity contribution is 7.80. The first-order chi connectivity index (χ1) is 9.06. The van der Waals surface area contributed by atoms with Gasteiger partial charge in [0.1, 0.15) is 4.88 Å². The molecule has 5 nitrogen and oxygen atoms in total. The van der Waals surface area contributed by atoms with E-state index in [0.717, 1.165) is 31.6 Å². The Labute approximate surface area is 122 Å². The van der Waals surface area contributed by atoms with E-state index in [0.29, 0.717) is 16.4 Å². The molecule has 1 aliphatic heterocycles. The summed E-state index contributed by atoms with van der Waals surface area (Å²) in [4.78, 5) is 19.6. The molecule has 0 radical (unpaired) electrons. The molecule has 1 fully saturated rings. The smallest absolute Gasteiger partial charge is 0.263 e. The number of likely N-dealkylation sites (tertiary alicyclic amines) is 1. The van der Waals surface area contributed by atoms with Gasteiger partial charge in [-0.2, -0.15) is 0 Å². The molecule has 0 saturated carbocycles. The normalized spacial score (nSPS) is 17.3. The molecule has 0 spiro atoms. The van der Waals surface area contributed by atoms with Crippen molar-refractivity contribution in [1.29, 1.82) is 0 Å². The van der Waals surface area contributed by atoms with E-state index < -0.39 is 0 Å². The summed E-state index contributed by atoms with van der Waals surface area (Å²) in [6.07, 6.45) is 1.87. The Balaban J connectivity index is 1.81. The molecule has 2 rings (SSSR count). The van der Waals surface area contributed by atoms with Gasteiger partial charge in [0, 0.05) is 25.7 Å². The molecule has 0 bridgehead atoms. The molecule has 0 atom stereocenters. The highest BCUT2D eigenvalue weighted by Gasteiger charge is 2.22. The maximum atomic E-state index is 12.1. The van der Waals surface area contributed by atoms with Gasteiger partial charge in [0.2, 0.25) is 0 Å². The molecule has 0 aliphatic carbocycles. The zero-order chi connectivity index (χ0) is 13.8. The number of carbonyl (C=O) groups is 1. The van der Waals surface area contributed by atoms with Gasteiger partial charge in [-0.1, -0.05) is 12.2 Å². The van der Waals surface area contributed by atoms with Gasteiger partial charge in [-0.15, -0.1) is 11.3 Å². The van der Waals surface area contributed by atoms with Crippen molar-refractivity contribution in [2.45, 2.75) is 25.8 Å². The quantitative estimate of drug-likeness (QED) is 0.809. The van der Waals surface area contributed by atoms with Gasteiger partial charge in [-0.25, -0.2) is 4.98 Å². The van der Waals surface area contributed by atoms with E-state index in [1.165, 1.54) is 11.3 Å². The highest BCUT2D eigenvalue weighted by Crippen LogP contribution is 2.15. The van der Waals surface area contributed by atoms with Crippen molar-refractivity contribution < 1.29 is 4.79 Å². The lowest BCUT2D eigenvalue weighted by Crippen LogP contribution is -2.46. The van der Waals surface area contributed by atoms with E-state index >= 15 is 0 Å². The van der Waals surface area contributed by atoms with Crippen molar-refractivity contribution in [3.8, 4) is 0 Å². The van der Waals surface area contributed by atoms with Gasteiger partial charge in [-0.05, 0) is 19.8 Å². The number of amides is 1. The summed E-state index contributed by atoms with van der Waals surface area (Å²) in [6, 6.07) is 0.233. The third-order valence-electron chi connectivity index (χ3n) is 3.25. The zero-order valence-electron chi connectivity index (χ0n) is 10.9. The maximum absolute atomic E-state index is 12.1. The number of hydrogen-bond acceptors (Lipinski definition) is 5. The van der Waals surface area contributed by atoms with Crippen LogP contribution in [0.1, 0.15) is 28.2 Å². The molecule has 2 heterocycles. The lowest BCUT2D eigenvalue weighted by molar-refractivity contribution is 0.0918. The average Bonchev–Trinajstić information content (AvgIpc) is 2.77. The van der Waals surface area contributed by atoms with E-state index in [9.17, 15) is 4.79 Å². The van der Waals surface area contributed by atoms with Crippen LogP contribution < -0.4 is 11.1 Å². The summed E-state index contributed by atoms with van der Waals surface area (Å²) in [5, 5.41) is 3.08. The van der Waals surface area contributed by atoms with Crippen LogP contribution in [0.3, 0.4) is 0 Å². The van der Waals surface area contributed by atoms with Crippen LogP contribution in [0.5, 0.6) is 0 Å². The minimum atomic E-state index is -0.00667. The predicted octanol–water partition coefficient (Wildman–Crippen LogP) is 0.932. The summed E-state index contributed by atoms with van der Waals surface area (Å²) in [5.41, 5.74) is 8.04. The molecule has 19 heavy (non-hydrogen) atoms. The van der Waals surface area contributed by atoms with E-state index in [1.54, 1.807) is 5.51 Å². The van der Waals surface area contributed by atoms with Crippen molar-refractivity contribution in [2.24, 2.45) is 5.73 Å². The fourth-order valence-electron chi connectivity index (χ4n) is 2.23. The predicted molar refractivity (Wildman–Crippen MR) is 80.6 cm³/mol. The van der Waals surface area contributed by atoms with Gasteiger partial charge in [0.25, 0.3) is 5.91 Å². The molecule has 0 unspecified atom stereocenters. The van der Waals surface area contributed by atoms with E-state index in [2.05, 4.69) is 15.2 Å². The molecule has 1 aromatic heterocycles. The van der Waals surface area contributed by atoms with Crippen LogP contribution in [0.2, 0.25) is 0 Å². The largest absolute Gasteiger partial charge is 0.392 e. The SMILES string of the molecule is Cc1ncsc1C(=O)NC1CCN(CC(N)=S)CC1. The number of hydrogen-bond donors (Lipinski definition) is 2. The Bertz CT molecular complexity index is 466. The number of thiocarbonyl (C=S) groups is 1. The van der Waals surface area contributed by atoms with Crippen LogP contribution in [0.25, 0.3) is 0 Å². The number of piperidine rings is 1. The van der Waals surface area contributed by atoms with Crippen LogP contribution in [-0.2, 0) is 0 Å². The van der Waals surface area contributed by atoms with Gasteiger partial charge >= 0.3 is 0 Å². The Morgan fingerprint density at radius 3 is 2.84 bits per heavy atom. The number of thiazole rings is 1. The van der Waals surface area contributed by atoms with E-state index in [1.807, 2.05) is 6.92 Å². The average molecular weight is 298 g/mol. The monoisotopic (exact) mass is 298 g/mol. The number of nitrogens with two attached hydrogens (primary N) is 1. The van der Waals surface area contributed by atoms with Crippen molar-refractivity contribution in [1.82, 2.24) is 15.2 Å². The second kappa shape index (κ2) is 6.40. The van der Waals surface area contributed by atoms with Crippen LogP contribution in [0.4, 0.5) is 0 Å². The number of nitrogens with one attached hydrogen (secondary N) is 1. The molecule has 1 aromatic rings. The van der Waals surface area contributed by atoms with Crippen LogP contribution >= 0.6 is 23.6 Å². The summed E-state index contributed by atoms with van der Waals surface area (Å²) < 4.78 is 0. The number of aromatic nitrogens is 1. The minimum absolute atomic E-state index is 0.00667. The summed E-state index contributed by atoms with van der Waals surface area (Å²) in [5.74, 6) is -0.00667. The van der Waals surface area contributed by atoms with Crippen LogP contribution in [0.15, 0.2) is 5.51 Å². The number of nitrogens with zero attached hydrogens (tertiary/aromatic N) is 2. The van der Waals surface area contributed by atoms with Crippen molar-refractivity contribution in [3.05, 3.63) is 16.1 Å². The van der Waals surface area contributed by atoms with E-state index in [4.69, 9.17) is 18.0 Å². The fraction of sp³-hybridized carbons (Fsp3) is 0.583. The fourth-order valence-corrected chi connectivity index (χ4v) is 3.11. The second-order valence-corrected chi connectivity index (χ2v) is 6.14. The number of rotatable bonds is 4. The first kappa shape index (κ1) is 14.4. The molecule has 104 valence electrons. The third kappa shape index (κ3) is 3.95. The third-order valence-corrected chi connectivity index (χ3v) is 4.31. The second-order valence-electron chi connectivity index (χ2n) is 4.76. The lowest BCUT2D eigenvalue weighted by Gasteiger charge is -2.31. The molecule has 1 saturated heterocycles. The Morgan fingerprint density at radius 1 is 1.63 bits per heavy atom. The molecule has 0 aromatic carbocycles. The summed E-state index contributed by atoms with van der Waals surface area (Å²) >= 11 is 6.29. The Hall–Kier alpha value is -1.05. The standard InChI is InChI=1S/C12H18N4OS2/c1-8-11(19-7-14-8)12(17)15-9-2-4-16(5-3-9)6-10(13)18/h7,9H,2-6H2,1H3,(H2,13,18)(H,15,17). The number of aryl methyl sites for hydroxylation is 1. The first-order valence-corrected chi connectivity index (χ1v) is 7.56. The molecule has 7 heteroatoms. The Kier molecular flexibility index (Phi) is 4.84. The lowest BCUT2D eigenvalue weighted by atomic mass is 10.0. The van der Waals surface area contributed by atoms with E-state index in [-0.39, 0.29) is 11.9 Å². The summed E-state index contributed by atoms with van der Waals surface area (Å²) in [6.45, 7) is 4.37. The zero-order valence-corrected chi connectivity index (χ0v) is 12.5. The summed E-state index contributed by atoms with van der Waals surface area (Å²) in [7, 11) is 0. The van der Waals surface area contributed by atoms with Gasteiger partial charge < -0.3 is 11.1 Å². The van der Waals surface area contributed by atoms with Crippen molar-refractivity contribution in [3.63, 3.8) is 0 Å². The number of carbonyl (C=O) groups excluding carboxylic acids is 1. The van der Waals surface area contributed by atoms with Crippen LogP contribution in [-0.4, -0.2) is 46.5 Å². The highest BCUT2D eigenvalue weighted by atomic mass is 32.1. The van der Waals surface area contributed by atoms with Crippen molar-refractivity contribution >= 4 is 34.5 Å². The molecule has 1 aliphatic rings. The van der Waals surface area contributed by atoms with Gasteiger partial charge in [0.15, 0.2) is 0 Å². The molecular weight excluding hydrogens is 280 g/mol. The Morgan fingerprint density at radius 2 is 2.32 bits per heavy atom. The van der Waals surface area contributed by atoms with Crippen LogP contribution in [0, 0.1) is 6.92 Å². The molecule has 3 N–H and O–H groups in total. The maximum Gasteiger partial charge on any atom is 0.263 e. The minimum Gasteiger partial charge on any atom is -0.392 e. The topological polar surface area (TPSA) is 71.2 Å². The van der Waals surface area contributed by atoms with Gasteiger partial charge in [-0.3, -0.25) is 9.69 Å². The first-order valence-electron chi connectivity index (χ1n) is 6.28. The van der Waals surface area contributed by atoms with Crippen molar-refractivity contribution in [2.75, 3.05) is 19.6 Å².